The van der Waals surface area contributed by atoms with Gasteiger partial charge in [-0.2, -0.15) is 0 Å². The molecule has 0 aliphatic heterocycles. The SMILES string of the molecule is O=C(O)c1cnc(C(=O)O)c(-c2cccnc2)c1. The third kappa shape index (κ3) is 2.17. The lowest BCUT2D eigenvalue weighted by atomic mass is 10.0. The summed E-state index contributed by atoms with van der Waals surface area (Å²) in [6, 6.07) is 4.55. The largest absolute Gasteiger partial charge is 0.478 e. The molecule has 18 heavy (non-hydrogen) atoms. The standard InChI is InChI=1S/C12H8N2O4/c15-11(16)8-4-9(7-2-1-3-13-5-7)10(12(17)18)14-6-8/h1-6H,(H,15,16)(H,17,18). The average molecular weight is 244 g/mol. The van der Waals surface area contributed by atoms with Crippen molar-refractivity contribution in [1.82, 2.24) is 9.97 Å². The van der Waals surface area contributed by atoms with E-state index < -0.39 is 11.9 Å². The summed E-state index contributed by atoms with van der Waals surface area (Å²) >= 11 is 0. The van der Waals surface area contributed by atoms with Crippen LogP contribution in [-0.2, 0) is 0 Å². The fourth-order valence-electron chi connectivity index (χ4n) is 1.49. The van der Waals surface area contributed by atoms with Crippen LogP contribution in [0.4, 0.5) is 0 Å². The molecule has 0 aromatic carbocycles. The van der Waals surface area contributed by atoms with E-state index in [4.69, 9.17) is 10.2 Å². The molecule has 0 saturated carbocycles. The van der Waals surface area contributed by atoms with Gasteiger partial charge in [-0.25, -0.2) is 14.6 Å². The molecule has 0 radical (unpaired) electrons. The summed E-state index contributed by atoms with van der Waals surface area (Å²) in [6.45, 7) is 0. The van der Waals surface area contributed by atoms with Gasteiger partial charge in [0, 0.05) is 29.7 Å². The molecule has 6 nitrogen and oxygen atoms in total. The molecular formula is C12H8N2O4. The minimum Gasteiger partial charge on any atom is -0.478 e. The molecule has 2 aromatic heterocycles. The van der Waals surface area contributed by atoms with Crippen molar-refractivity contribution in [1.29, 1.82) is 0 Å². The summed E-state index contributed by atoms with van der Waals surface area (Å²) < 4.78 is 0. The highest BCUT2D eigenvalue weighted by atomic mass is 16.4. The Kier molecular flexibility index (Phi) is 3.01. The molecule has 0 bridgehead atoms. The number of carboxylic acids is 2. The van der Waals surface area contributed by atoms with Crippen LogP contribution in [0, 0.1) is 0 Å². The van der Waals surface area contributed by atoms with Gasteiger partial charge in [0.2, 0.25) is 0 Å². The van der Waals surface area contributed by atoms with Crippen LogP contribution in [0.15, 0.2) is 36.8 Å². The predicted octanol–water partition coefficient (Wildman–Crippen LogP) is 1.54. The number of aromatic carboxylic acids is 2. The molecule has 0 unspecified atom stereocenters. The highest BCUT2D eigenvalue weighted by Gasteiger charge is 2.16. The molecule has 0 atom stereocenters. The fourth-order valence-corrected chi connectivity index (χ4v) is 1.49. The molecule has 0 spiro atoms. The summed E-state index contributed by atoms with van der Waals surface area (Å²) in [5.74, 6) is -2.38. The second-order valence-corrected chi connectivity index (χ2v) is 3.47. The van der Waals surface area contributed by atoms with Gasteiger partial charge in [0.1, 0.15) is 0 Å². The number of aromatic nitrogens is 2. The highest BCUT2D eigenvalue weighted by molar-refractivity contribution is 5.96. The smallest absolute Gasteiger partial charge is 0.355 e. The zero-order valence-electron chi connectivity index (χ0n) is 9.07. The van der Waals surface area contributed by atoms with Crippen LogP contribution in [0.3, 0.4) is 0 Å². The summed E-state index contributed by atoms with van der Waals surface area (Å²) in [5.41, 5.74) is 0.466. The molecule has 2 aromatic rings. The maximum atomic E-state index is 11.0. The number of hydrogen-bond donors (Lipinski definition) is 2. The van der Waals surface area contributed by atoms with Gasteiger partial charge in [-0.3, -0.25) is 4.98 Å². The van der Waals surface area contributed by atoms with Crippen molar-refractivity contribution in [3.05, 3.63) is 48.0 Å². The van der Waals surface area contributed by atoms with Crippen LogP contribution in [0.1, 0.15) is 20.8 Å². The third-order valence-corrected chi connectivity index (χ3v) is 2.31. The predicted molar refractivity (Wildman–Crippen MR) is 61.4 cm³/mol. The summed E-state index contributed by atoms with van der Waals surface area (Å²) in [6.07, 6.45) is 4.01. The van der Waals surface area contributed by atoms with Gasteiger partial charge in [0.15, 0.2) is 5.69 Å². The van der Waals surface area contributed by atoms with Crippen LogP contribution >= 0.6 is 0 Å². The average Bonchev–Trinajstić information content (AvgIpc) is 2.39. The Morgan fingerprint density at radius 1 is 1.11 bits per heavy atom. The second kappa shape index (κ2) is 4.62. The lowest BCUT2D eigenvalue weighted by molar-refractivity contribution is 0.0676. The van der Waals surface area contributed by atoms with Crippen LogP contribution < -0.4 is 0 Å². The van der Waals surface area contributed by atoms with E-state index in [1.54, 1.807) is 18.3 Å². The van der Waals surface area contributed by atoms with E-state index in [2.05, 4.69) is 9.97 Å². The van der Waals surface area contributed by atoms with Gasteiger partial charge in [0.25, 0.3) is 0 Å². The van der Waals surface area contributed by atoms with E-state index in [0.29, 0.717) is 5.56 Å². The van der Waals surface area contributed by atoms with E-state index in [1.165, 1.54) is 12.3 Å². The molecule has 90 valence electrons. The van der Waals surface area contributed by atoms with Gasteiger partial charge in [-0.15, -0.1) is 0 Å². The number of carbonyl (C=O) groups is 2. The van der Waals surface area contributed by atoms with Gasteiger partial charge in [0.05, 0.1) is 5.56 Å². The van der Waals surface area contributed by atoms with Gasteiger partial charge < -0.3 is 10.2 Å². The molecule has 2 N–H and O–H groups in total. The van der Waals surface area contributed by atoms with Crippen molar-refractivity contribution in [3.63, 3.8) is 0 Å². The first-order valence-electron chi connectivity index (χ1n) is 4.96. The maximum Gasteiger partial charge on any atom is 0.355 e. The number of carboxylic acid groups (broad SMARTS) is 2. The minimum atomic E-state index is -1.22. The second-order valence-electron chi connectivity index (χ2n) is 3.47. The topological polar surface area (TPSA) is 100 Å². The first-order chi connectivity index (χ1) is 8.59. The fraction of sp³-hybridized carbons (Fsp3) is 0. The molecular weight excluding hydrogens is 236 g/mol. The lowest BCUT2D eigenvalue weighted by Gasteiger charge is -2.06. The number of nitrogens with zero attached hydrogens (tertiary/aromatic N) is 2. The highest BCUT2D eigenvalue weighted by Crippen LogP contribution is 2.22. The molecule has 2 heterocycles. The van der Waals surface area contributed by atoms with Crippen LogP contribution in [0.5, 0.6) is 0 Å². The first-order valence-corrected chi connectivity index (χ1v) is 4.96. The zero-order chi connectivity index (χ0) is 13.1. The Bertz CT molecular complexity index is 611. The Morgan fingerprint density at radius 3 is 2.44 bits per heavy atom. The quantitative estimate of drug-likeness (QED) is 0.849. The number of hydrogen-bond acceptors (Lipinski definition) is 4. The van der Waals surface area contributed by atoms with Crippen LogP contribution in [0.25, 0.3) is 11.1 Å². The molecule has 0 saturated heterocycles. The molecule has 0 amide bonds. The Hall–Kier alpha value is -2.76. The number of rotatable bonds is 3. The Morgan fingerprint density at radius 2 is 1.89 bits per heavy atom. The normalized spacial score (nSPS) is 10.0. The zero-order valence-corrected chi connectivity index (χ0v) is 9.07. The molecule has 6 heteroatoms. The lowest BCUT2D eigenvalue weighted by Crippen LogP contribution is -2.06. The minimum absolute atomic E-state index is 0.0705. The van der Waals surface area contributed by atoms with Crippen molar-refractivity contribution in [2.75, 3.05) is 0 Å². The molecule has 0 aliphatic carbocycles. The van der Waals surface area contributed by atoms with Crippen molar-refractivity contribution < 1.29 is 19.8 Å². The van der Waals surface area contributed by atoms with Crippen molar-refractivity contribution in [2.45, 2.75) is 0 Å². The van der Waals surface area contributed by atoms with Gasteiger partial charge >= 0.3 is 11.9 Å². The Labute approximate surface area is 102 Å². The maximum absolute atomic E-state index is 11.0. The summed E-state index contributed by atoms with van der Waals surface area (Å²) in [7, 11) is 0. The Balaban J connectivity index is 2.65. The first kappa shape index (κ1) is 11.7. The van der Waals surface area contributed by atoms with E-state index in [0.717, 1.165) is 6.20 Å². The third-order valence-electron chi connectivity index (χ3n) is 2.31. The van der Waals surface area contributed by atoms with Crippen molar-refractivity contribution in [3.8, 4) is 11.1 Å². The monoisotopic (exact) mass is 244 g/mol. The van der Waals surface area contributed by atoms with Gasteiger partial charge in [-0.05, 0) is 12.1 Å². The molecule has 0 fully saturated rings. The van der Waals surface area contributed by atoms with Gasteiger partial charge in [-0.1, -0.05) is 6.07 Å². The van der Waals surface area contributed by atoms with Crippen molar-refractivity contribution >= 4 is 11.9 Å². The van der Waals surface area contributed by atoms with Crippen molar-refractivity contribution in [2.24, 2.45) is 0 Å². The van der Waals surface area contributed by atoms with E-state index in [1.807, 2.05) is 0 Å². The summed E-state index contributed by atoms with van der Waals surface area (Å²) in [4.78, 5) is 29.4. The van der Waals surface area contributed by atoms with E-state index in [-0.39, 0.29) is 16.8 Å². The molecule has 2 rings (SSSR count). The van der Waals surface area contributed by atoms with Crippen LogP contribution in [-0.4, -0.2) is 32.1 Å². The molecule has 0 aliphatic rings. The van der Waals surface area contributed by atoms with Crippen LogP contribution in [0.2, 0.25) is 0 Å². The number of pyridine rings is 2. The summed E-state index contributed by atoms with van der Waals surface area (Å²) in [5, 5.41) is 17.9. The van der Waals surface area contributed by atoms with E-state index in [9.17, 15) is 9.59 Å². The van der Waals surface area contributed by atoms with E-state index >= 15 is 0 Å².